The van der Waals surface area contributed by atoms with Gasteiger partial charge in [-0.25, -0.2) is 0 Å². The highest BCUT2D eigenvalue weighted by atomic mass is 16.6. The van der Waals surface area contributed by atoms with Crippen molar-refractivity contribution in [2.45, 2.75) is 12.1 Å². The number of Topliss-reactive ketones (excluding diaryl/α,β-unsaturated/α-hetero) is 1. The number of carbonyl (C=O) groups excluding carboxylic acids is 3. The Morgan fingerprint density at radius 3 is 1.42 bits per heavy atom. The van der Waals surface area contributed by atoms with Crippen LogP contribution in [0.2, 0.25) is 0 Å². The molecule has 4 rings (SSSR count). The summed E-state index contributed by atoms with van der Waals surface area (Å²) in [4.78, 5) is 66.4. The highest BCUT2D eigenvalue weighted by Crippen LogP contribution is 2.60. The number of benzene rings is 2. The van der Waals surface area contributed by atoms with Crippen molar-refractivity contribution in [3.8, 4) is 0 Å². The first-order valence-electron chi connectivity index (χ1n) is 11.6. The van der Waals surface area contributed by atoms with Gasteiger partial charge < -0.3 is 14.4 Å². The Hall–Kier alpha value is -4.23. The van der Waals surface area contributed by atoms with E-state index in [0.717, 1.165) is 14.2 Å². The molecule has 0 saturated carbocycles. The molecule has 4 atom stereocenters. The van der Waals surface area contributed by atoms with Crippen molar-refractivity contribution < 1.29 is 33.7 Å². The fourth-order valence-electron chi connectivity index (χ4n) is 6.21. The van der Waals surface area contributed by atoms with Gasteiger partial charge in [0.1, 0.15) is 0 Å². The topological polar surface area (TPSA) is 162 Å². The predicted octanol–water partition coefficient (Wildman–Crippen LogP) is 2.06. The van der Waals surface area contributed by atoms with E-state index in [2.05, 4.69) is 0 Å². The summed E-state index contributed by atoms with van der Waals surface area (Å²) in [5.74, 6) is -2.43. The maximum Gasteiger partial charge on any atom is 0.322 e. The van der Waals surface area contributed by atoms with Gasteiger partial charge in [0.15, 0.2) is 16.6 Å². The van der Waals surface area contributed by atoms with Gasteiger partial charge in [0.2, 0.25) is 0 Å². The van der Waals surface area contributed by atoms with Crippen LogP contribution in [0.15, 0.2) is 48.5 Å². The Kier molecular flexibility index (Phi) is 6.76. The van der Waals surface area contributed by atoms with Crippen LogP contribution in [0, 0.1) is 31.1 Å². The molecule has 0 aliphatic carbocycles. The molecule has 2 aromatic carbocycles. The van der Waals surface area contributed by atoms with Crippen LogP contribution in [-0.4, -0.2) is 78.8 Å². The van der Waals surface area contributed by atoms with Gasteiger partial charge in [0.05, 0.1) is 36.1 Å². The van der Waals surface area contributed by atoms with E-state index in [1.807, 2.05) is 0 Å². The van der Waals surface area contributed by atoms with E-state index < -0.39 is 50.5 Å². The summed E-state index contributed by atoms with van der Waals surface area (Å²) in [6.07, 6.45) is 0. The van der Waals surface area contributed by atoms with Gasteiger partial charge in [-0.2, -0.15) is 0 Å². The number of hydrogen-bond donors (Lipinski definition) is 0. The Balaban J connectivity index is 2.03. The molecule has 2 heterocycles. The third kappa shape index (κ3) is 3.73. The van der Waals surface area contributed by atoms with Crippen LogP contribution < -0.4 is 0 Å². The lowest BCUT2D eigenvalue weighted by atomic mass is 9.54. The molecular formula is C25H26N4O9. The lowest BCUT2D eigenvalue weighted by Crippen LogP contribution is -2.75. The van der Waals surface area contributed by atoms with E-state index in [-0.39, 0.29) is 24.5 Å². The number of likely N-dealkylation sites (tertiary alicyclic amines) is 2. The SMILES string of the molecule is COC(=O)[C@]12CN(C)C[C@](C(=O)OC)(C1=O)[C@@H](c1ccc([N+](=O)[O-])cc1)N(C)[C@H]2c1ccc([N+](=O)[O-])cc1. The second-order valence-electron chi connectivity index (χ2n) is 9.60. The number of rotatable bonds is 6. The molecule has 2 fully saturated rings. The molecule has 0 spiro atoms. The van der Waals surface area contributed by atoms with Crippen LogP contribution >= 0.6 is 0 Å². The van der Waals surface area contributed by atoms with Gasteiger partial charge >= 0.3 is 11.9 Å². The van der Waals surface area contributed by atoms with E-state index in [9.17, 15) is 34.6 Å². The summed E-state index contributed by atoms with van der Waals surface area (Å²) in [5.41, 5.74) is -3.31. The number of fused-ring (bicyclic) bond motifs is 2. The van der Waals surface area contributed by atoms with Crippen LogP contribution in [0.5, 0.6) is 0 Å². The Bertz CT molecular complexity index is 1220. The third-order valence-corrected chi connectivity index (χ3v) is 7.54. The van der Waals surface area contributed by atoms with E-state index in [1.165, 1.54) is 48.5 Å². The zero-order valence-electron chi connectivity index (χ0n) is 21.2. The largest absolute Gasteiger partial charge is 0.468 e. The first-order chi connectivity index (χ1) is 17.9. The Morgan fingerprint density at radius 1 is 0.789 bits per heavy atom. The molecule has 0 amide bonds. The lowest BCUT2D eigenvalue weighted by Gasteiger charge is -2.60. The van der Waals surface area contributed by atoms with Crippen LogP contribution in [0.3, 0.4) is 0 Å². The van der Waals surface area contributed by atoms with Crippen molar-refractivity contribution >= 4 is 29.1 Å². The normalized spacial score (nSPS) is 27.4. The van der Waals surface area contributed by atoms with E-state index in [4.69, 9.17) is 9.47 Å². The van der Waals surface area contributed by atoms with Gasteiger partial charge in [-0.15, -0.1) is 0 Å². The van der Waals surface area contributed by atoms with Crippen LogP contribution in [0.1, 0.15) is 23.2 Å². The van der Waals surface area contributed by atoms with Crippen LogP contribution in [0.25, 0.3) is 0 Å². The van der Waals surface area contributed by atoms with E-state index in [0.29, 0.717) is 11.1 Å². The summed E-state index contributed by atoms with van der Waals surface area (Å²) < 4.78 is 10.3. The van der Waals surface area contributed by atoms with Crippen molar-refractivity contribution in [3.63, 3.8) is 0 Å². The summed E-state index contributed by atoms with van der Waals surface area (Å²) >= 11 is 0. The minimum atomic E-state index is -1.89. The average molecular weight is 527 g/mol. The second-order valence-corrected chi connectivity index (χ2v) is 9.60. The number of nitro benzene ring substituents is 2. The molecule has 2 aromatic rings. The summed E-state index contributed by atoms with van der Waals surface area (Å²) in [5, 5.41) is 22.5. The number of esters is 2. The van der Waals surface area contributed by atoms with Crippen LogP contribution in [-0.2, 0) is 23.9 Å². The van der Waals surface area contributed by atoms with Crippen molar-refractivity contribution in [2.24, 2.45) is 10.8 Å². The number of nitro groups is 2. The Labute approximate surface area is 217 Å². The third-order valence-electron chi connectivity index (χ3n) is 7.54. The lowest BCUT2D eigenvalue weighted by molar-refractivity contribution is -0.385. The molecule has 2 aliphatic rings. The minimum absolute atomic E-state index is 0.0871. The molecule has 38 heavy (non-hydrogen) atoms. The fourth-order valence-corrected chi connectivity index (χ4v) is 6.21. The average Bonchev–Trinajstić information content (AvgIpc) is 2.90. The zero-order valence-corrected chi connectivity index (χ0v) is 21.2. The number of methoxy groups -OCH3 is 2. The fraction of sp³-hybridized carbons (Fsp3) is 0.400. The van der Waals surface area contributed by atoms with Crippen LogP contribution in [0.4, 0.5) is 11.4 Å². The van der Waals surface area contributed by atoms with E-state index in [1.54, 1.807) is 23.9 Å². The number of piperidine rings is 2. The highest BCUT2D eigenvalue weighted by molar-refractivity contribution is 6.17. The van der Waals surface area contributed by atoms with E-state index >= 15 is 0 Å². The number of hydrogen-bond acceptors (Lipinski definition) is 11. The van der Waals surface area contributed by atoms with Gasteiger partial charge in [0.25, 0.3) is 11.4 Å². The van der Waals surface area contributed by atoms with Gasteiger partial charge in [-0.3, -0.25) is 39.5 Å². The van der Waals surface area contributed by atoms with Gasteiger partial charge in [-0.1, -0.05) is 24.3 Å². The molecular weight excluding hydrogens is 500 g/mol. The number of non-ortho nitro benzene ring substituents is 2. The predicted molar refractivity (Wildman–Crippen MR) is 131 cm³/mol. The molecule has 2 aliphatic heterocycles. The summed E-state index contributed by atoms with van der Waals surface area (Å²) in [7, 11) is 5.58. The standard InChI is InChI=1S/C25H26N4O9/c1-26-13-24(22(31)37-3)19(15-5-9-17(10-6-15)28(33)34)27(2)20(16-7-11-18(12-8-16)29(35)36)25(14-26,21(24)30)23(32)38-4/h5-12,19-20H,13-14H2,1-4H3/t19-,20+,24-,25+. The Morgan fingerprint density at radius 2 is 1.13 bits per heavy atom. The molecule has 13 nitrogen and oxygen atoms in total. The van der Waals surface area contributed by atoms with Crippen molar-refractivity contribution in [3.05, 3.63) is 79.9 Å². The maximum absolute atomic E-state index is 14.6. The number of ketones is 1. The molecule has 2 saturated heterocycles. The number of nitrogens with zero attached hydrogens (tertiary/aromatic N) is 4. The first-order valence-corrected chi connectivity index (χ1v) is 11.6. The minimum Gasteiger partial charge on any atom is -0.468 e. The molecule has 2 bridgehead atoms. The smallest absolute Gasteiger partial charge is 0.322 e. The quantitative estimate of drug-likeness (QED) is 0.234. The van der Waals surface area contributed by atoms with Crippen molar-refractivity contribution in [1.82, 2.24) is 9.80 Å². The van der Waals surface area contributed by atoms with Gasteiger partial charge in [0, 0.05) is 37.4 Å². The summed E-state index contributed by atoms with van der Waals surface area (Å²) in [6, 6.07) is 8.92. The number of ether oxygens (including phenoxy) is 2. The monoisotopic (exact) mass is 526 g/mol. The molecule has 0 unspecified atom stereocenters. The van der Waals surface area contributed by atoms with Crippen molar-refractivity contribution in [2.75, 3.05) is 41.4 Å². The zero-order chi connectivity index (χ0) is 28.0. The highest BCUT2D eigenvalue weighted by Gasteiger charge is 2.74. The molecule has 13 heteroatoms. The number of carbonyl (C=O) groups is 3. The molecule has 0 N–H and O–H groups in total. The molecule has 0 radical (unpaired) electrons. The van der Waals surface area contributed by atoms with Crippen molar-refractivity contribution in [1.29, 1.82) is 0 Å². The molecule has 0 aromatic heterocycles. The second kappa shape index (κ2) is 9.58. The summed E-state index contributed by atoms with van der Waals surface area (Å²) in [6.45, 7) is -0.174. The first kappa shape index (κ1) is 26.8. The maximum atomic E-state index is 14.6. The molecule has 200 valence electrons. The van der Waals surface area contributed by atoms with Gasteiger partial charge in [-0.05, 0) is 25.2 Å².